The predicted octanol–water partition coefficient (Wildman–Crippen LogP) is 3.24. The smallest absolute Gasteiger partial charge is 0.252 e. The van der Waals surface area contributed by atoms with Crippen molar-refractivity contribution in [1.29, 1.82) is 0 Å². The van der Waals surface area contributed by atoms with Crippen LogP contribution in [0.1, 0.15) is 40.0 Å². The largest absolute Gasteiger partial charge is 0.341 e. The van der Waals surface area contributed by atoms with E-state index in [1.165, 1.54) is 15.6 Å². The number of thiophene rings is 1. The summed E-state index contributed by atoms with van der Waals surface area (Å²) in [6.45, 7) is 10.7. The Hall–Kier alpha value is -0.480. The second kappa shape index (κ2) is 8.71. The van der Waals surface area contributed by atoms with Gasteiger partial charge < -0.3 is 4.90 Å². The van der Waals surface area contributed by atoms with Gasteiger partial charge in [-0.2, -0.15) is 4.31 Å². The first-order valence-corrected chi connectivity index (χ1v) is 12.9. The van der Waals surface area contributed by atoms with Gasteiger partial charge in [0.15, 0.2) is 0 Å². The van der Waals surface area contributed by atoms with Crippen molar-refractivity contribution in [2.75, 3.05) is 39.3 Å². The Balaban J connectivity index is 1.66. The first-order valence-electron chi connectivity index (χ1n) is 9.88. The van der Waals surface area contributed by atoms with Crippen molar-refractivity contribution in [3.8, 4) is 0 Å². The molecule has 1 unspecified atom stereocenters. The summed E-state index contributed by atoms with van der Waals surface area (Å²) < 4.78 is 28.5. The van der Waals surface area contributed by atoms with Crippen LogP contribution in [-0.2, 0) is 14.8 Å². The van der Waals surface area contributed by atoms with Crippen LogP contribution in [0.4, 0.5) is 0 Å². The molecule has 2 saturated heterocycles. The zero-order valence-corrected chi connectivity index (χ0v) is 20.1. The maximum absolute atomic E-state index is 13.2. The molecule has 158 valence electrons. The molecule has 6 nitrogen and oxygen atoms in total. The highest BCUT2D eigenvalue weighted by atomic mass is 79.9. The maximum Gasteiger partial charge on any atom is 0.252 e. The van der Waals surface area contributed by atoms with Crippen LogP contribution in [-0.4, -0.2) is 73.2 Å². The summed E-state index contributed by atoms with van der Waals surface area (Å²) in [5.41, 5.74) is 0.101. The van der Waals surface area contributed by atoms with Crippen LogP contribution in [0.2, 0.25) is 0 Å². The Morgan fingerprint density at radius 3 is 2.50 bits per heavy atom. The zero-order chi connectivity index (χ0) is 20.5. The fourth-order valence-corrected chi connectivity index (χ4v) is 7.68. The quantitative estimate of drug-likeness (QED) is 0.650. The highest BCUT2D eigenvalue weighted by Crippen LogP contribution is 2.31. The summed E-state index contributed by atoms with van der Waals surface area (Å²) in [5, 5.41) is 0. The molecule has 1 atom stereocenters. The Morgan fingerprint density at radius 2 is 1.86 bits per heavy atom. The summed E-state index contributed by atoms with van der Waals surface area (Å²) in [6, 6.07) is 3.38. The minimum atomic E-state index is -3.53. The maximum atomic E-state index is 13.2. The fourth-order valence-electron chi connectivity index (χ4n) is 3.99. The molecule has 2 aliphatic rings. The Kier molecular flexibility index (Phi) is 6.91. The molecule has 0 aliphatic carbocycles. The van der Waals surface area contributed by atoms with E-state index in [1.807, 2.05) is 4.90 Å². The van der Waals surface area contributed by atoms with Crippen molar-refractivity contribution in [3.63, 3.8) is 0 Å². The molecule has 0 bridgehead atoms. The number of piperidine rings is 1. The number of amides is 1. The van der Waals surface area contributed by atoms with E-state index in [2.05, 4.69) is 41.6 Å². The third kappa shape index (κ3) is 4.98. The molecular formula is C19H30BrN3O3S2. The summed E-state index contributed by atoms with van der Waals surface area (Å²) in [5.74, 6) is -0.129. The Bertz CT molecular complexity index is 804. The van der Waals surface area contributed by atoms with E-state index in [4.69, 9.17) is 0 Å². The van der Waals surface area contributed by atoms with Crippen molar-refractivity contribution in [3.05, 3.63) is 15.9 Å². The number of hydrogen-bond acceptors (Lipinski definition) is 5. The first-order chi connectivity index (χ1) is 13.1. The molecule has 0 aromatic carbocycles. The molecule has 2 aliphatic heterocycles. The van der Waals surface area contributed by atoms with Crippen LogP contribution in [0.15, 0.2) is 20.1 Å². The van der Waals surface area contributed by atoms with Crippen LogP contribution in [0.3, 0.4) is 0 Å². The van der Waals surface area contributed by atoms with Crippen molar-refractivity contribution in [1.82, 2.24) is 14.1 Å². The van der Waals surface area contributed by atoms with E-state index < -0.39 is 10.0 Å². The number of carbonyl (C=O) groups is 1. The van der Waals surface area contributed by atoms with Gasteiger partial charge in [-0.25, -0.2) is 8.42 Å². The monoisotopic (exact) mass is 491 g/mol. The number of halogens is 1. The number of hydrogen-bond donors (Lipinski definition) is 0. The number of nitrogens with zero attached hydrogens (tertiary/aromatic N) is 3. The normalized spacial score (nSPS) is 23.6. The van der Waals surface area contributed by atoms with E-state index in [1.54, 1.807) is 12.1 Å². The lowest BCUT2D eigenvalue weighted by Crippen LogP contribution is -2.48. The molecule has 0 saturated carbocycles. The summed E-state index contributed by atoms with van der Waals surface area (Å²) in [6.07, 6.45) is 2.45. The third-order valence-electron chi connectivity index (χ3n) is 5.63. The molecule has 3 heterocycles. The second-order valence-electron chi connectivity index (χ2n) is 8.60. The van der Waals surface area contributed by atoms with Gasteiger partial charge in [0, 0.05) is 44.8 Å². The molecule has 1 aromatic rings. The van der Waals surface area contributed by atoms with E-state index in [0.717, 1.165) is 49.2 Å². The molecular weight excluding hydrogens is 462 g/mol. The van der Waals surface area contributed by atoms with E-state index in [-0.39, 0.29) is 23.9 Å². The SMILES string of the molecule is CC(C)(C)N1CCCN(C(=O)C2CCCN(S(=O)(=O)c3ccc(Br)s3)C2)CC1. The zero-order valence-electron chi connectivity index (χ0n) is 16.9. The fraction of sp³-hybridized carbons (Fsp3) is 0.737. The molecule has 9 heteroatoms. The summed E-state index contributed by atoms with van der Waals surface area (Å²) in [7, 11) is -3.53. The van der Waals surface area contributed by atoms with Gasteiger partial charge in [-0.3, -0.25) is 9.69 Å². The molecule has 1 amide bonds. The third-order valence-corrected chi connectivity index (χ3v) is 9.59. The minimum Gasteiger partial charge on any atom is -0.341 e. The van der Waals surface area contributed by atoms with Crippen LogP contribution in [0.5, 0.6) is 0 Å². The van der Waals surface area contributed by atoms with Gasteiger partial charge in [-0.1, -0.05) is 0 Å². The lowest BCUT2D eigenvalue weighted by Gasteiger charge is -2.35. The first kappa shape index (κ1) is 22.2. The van der Waals surface area contributed by atoms with Gasteiger partial charge in [0.2, 0.25) is 5.91 Å². The Labute approximate surface area is 181 Å². The molecule has 0 spiro atoms. The van der Waals surface area contributed by atoms with Crippen LogP contribution in [0.25, 0.3) is 0 Å². The molecule has 1 aromatic heterocycles. The predicted molar refractivity (Wildman–Crippen MR) is 116 cm³/mol. The highest BCUT2D eigenvalue weighted by Gasteiger charge is 2.36. The van der Waals surface area contributed by atoms with E-state index in [0.29, 0.717) is 10.8 Å². The van der Waals surface area contributed by atoms with E-state index in [9.17, 15) is 13.2 Å². The van der Waals surface area contributed by atoms with Crippen LogP contribution < -0.4 is 0 Å². The van der Waals surface area contributed by atoms with Crippen molar-refractivity contribution in [2.24, 2.45) is 5.92 Å². The average Bonchev–Trinajstić information content (AvgIpc) is 2.93. The van der Waals surface area contributed by atoms with Crippen LogP contribution >= 0.6 is 27.3 Å². The molecule has 0 radical (unpaired) electrons. The van der Waals surface area contributed by atoms with Gasteiger partial charge in [0.05, 0.1) is 9.70 Å². The van der Waals surface area contributed by atoms with Crippen molar-refractivity contribution >= 4 is 43.2 Å². The number of sulfonamides is 1. The molecule has 28 heavy (non-hydrogen) atoms. The lowest BCUT2D eigenvalue weighted by atomic mass is 9.98. The topological polar surface area (TPSA) is 60.9 Å². The Morgan fingerprint density at radius 1 is 1.11 bits per heavy atom. The molecule has 3 rings (SSSR count). The van der Waals surface area contributed by atoms with Gasteiger partial charge >= 0.3 is 0 Å². The lowest BCUT2D eigenvalue weighted by molar-refractivity contribution is -0.136. The van der Waals surface area contributed by atoms with Gasteiger partial charge in [-0.05, 0) is 68.1 Å². The van der Waals surface area contributed by atoms with Gasteiger partial charge in [0.1, 0.15) is 4.21 Å². The van der Waals surface area contributed by atoms with Crippen molar-refractivity contribution in [2.45, 2.75) is 49.8 Å². The van der Waals surface area contributed by atoms with E-state index >= 15 is 0 Å². The van der Waals surface area contributed by atoms with Crippen molar-refractivity contribution < 1.29 is 13.2 Å². The number of carbonyl (C=O) groups excluding carboxylic acids is 1. The highest BCUT2D eigenvalue weighted by molar-refractivity contribution is 9.11. The number of rotatable bonds is 3. The summed E-state index contributed by atoms with van der Waals surface area (Å²) in [4.78, 5) is 17.5. The standard InChI is InChI=1S/C19H30BrN3O3S2/c1-19(2,3)22-10-5-9-21(12-13-22)18(24)15-6-4-11-23(14-15)28(25,26)17-8-7-16(20)27-17/h7-8,15H,4-6,9-14H2,1-3H3. The van der Waals surface area contributed by atoms with Gasteiger partial charge in [0.25, 0.3) is 10.0 Å². The molecule has 2 fully saturated rings. The second-order valence-corrected chi connectivity index (χ2v) is 13.2. The van der Waals surface area contributed by atoms with Gasteiger partial charge in [-0.15, -0.1) is 11.3 Å². The minimum absolute atomic E-state index is 0.101. The van der Waals surface area contributed by atoms with Crippen LogP contribution in [0, 0.1) is 5.92 Å². The average molecular weight is 493 g/mol. The summed E-state index contributed by atoms with van der Waals surface area (Å²) >= 11 is 4.55. The molecule has 0 N–H and O–H groups in total.